The van der Waals surface area contributed by atoms with E-state index in [4.69, 9.17) is 0 Å². The lowest BCUT2D eigenvalue weighted by Gasteiger charge is -2.32. The van der Waals surface area contributed by atoms with Crippen LogP contribution in [0.4, 0.5) is 0 Å². The highest BCUT2D eigenvalue weighted by atomic mass is 32.1. The maximum atomic E-state index is 12.1. The molecule has 1 saturated carbocycles. The number of thiophene rings is 1. The largest absolute Gasteiger partial charge is 0.393 e. The van der Waals surface area contributed by atoms with Crippen molar-refractivity contribution in [3.8, 4) is 0 Å². The maximum Gasteiger partial charge on any atom is 0.252 e. The van der Waals surface area contributed by atoms with Crippen molar-refractivity contribution < 1.29 is 9.90 Å². The van der Waals surface area contributed by atoms with E-state index >= 15 is 0 Å². The molecule has 4 heteroatoms. The Morgan fingerprint density at radius 2 is 2.12 bits per heavy atom. The van der Waals surface area contributed by atoms with Crippen LogP contribution in [0.25, 0.3) is 0 Å². The molecule has 2 N–H and O–H groups in total. The van der Waals surface area contributed by atoms with E-state index in [0.29, 0.717) is 12.8 Å². The Kier molecular flexibility index (Phi) is 2.92. The standard InChI is InChI=1S/C13H17NO2S/c15-9-5-8(6-9)14-13(16)11-7-17-12-4-2-1-3-10(11)12/h7-9,15H,1-6H2,(H,14,16). The molecule has 92 valence electrons. The van der Waals surface area contributed by atoms with Gasteiger partial charge in [0, 0.05) is 16.3 Å². The fourth-order valence-electron chi connectivity index (χ4n) is 2.65. The maximum absolute atomic E-state index is 12.1. The van der Waals surface area contributed by atoms with Crippen molar-refractivity contribution in [2.24, 2.45) is 0 Å². The zero-order valence-electron chi connectivity index (χ0n) is 9.74. The first-order chi connectivity index (χ1) is 8.24. The molecule has 0 aromatic carbocycles. The average molecular weight is 251 g/mol. The van der Waals surface area contributed by atoms with Gasteiger partial charge in [-0.1, -0.05) is 0 Å². The van der Waals surface area contributed by atoms with Gasteiger partial charge in [-0.2, -0.15) is 0 Å². The molecule has 1 aromatic rings. The topological polar surface area (TPSA) is 49.3 Å². The van der Waals surface area contributed by atoms with Crippen molar-refractivity contribution in [1.82, 2.24) is 5.32 Å². The van der Waals surface area contributed by atoms with Gasteiger partial charge in [0.15, 0.2) is 0 Å². The number of rotatable bonds is 2. The summed E-state index contributed by atoms with van der Waals surface area (Å²) in [7, 11) is 0. The first-order valence-corrected chi connectivity index (χ1v) is 7.20. The van der Waals surface area contributed by atoms with Crippen LogP contribution in [0.5, 0.6) is 0 Å². The Balaban J connectivity index is 1.71. The number of fused-ring (bicyclic) bond motifs is 1. The second kappa shape index (κ2) is 4.42. The molecule has 0 radical (unpaired) electrons. The quantitative estimate of drug-likeness (QED) is 0.843. The van der Waals surface area contributed by atoms with Crippen LogP contribution in [0.3, 0.4) is 0 Å². The fourth-order valence-corrected chi connectivity index (χ4v) is 3.78. The number of amides is 1. The molecule has 3 rings (SSSR count). The van der Waals surface area contributed by atoms with Crippen LogP contribution in [-0.2, 0) is 12.8 Å². The molecule has 17 heavy (non-hydrogen) atoms. The Morgan fingerprint density at radius 1 is 1.35 bits per heavy atom. The van der Waals surface area contributed by atoms with Crippen LogP contribution in [-0.4, -0.2) is 23.2 Å². The lowest BCUT2D eigenvalue weighted by Crippen LogP contribution is -2.46. The Bertz CT molecular complexity index is 435. The highest BCUT2D eigenvalue weighted by molar-refractivity contribution is 7.10. The predicted octanol–water partition coefficient (Wildman–Crippen LogP) is 1.88. The molecular weight excluding hydrogens is 234 g/mol. The molecule has 0 saturated heterocycles. The smallest absolute Gasteiger partial charge is 0.252 e. The van der Waals surface area contributed by atoms with Gasteiger partial charge in [0.25, 0.3) is 5.91 Å². The van der Waals surface area contributed by atoms with Gasteiger partial charge in [0.1, 0.15) is 0 Å². The molecule has 2 aliphatic rings. The normalized spacial score (nSPS) is 27.1. The van der Waals surface area contributed by atoms with Crippen molar-refractivity contribution >= 4 is 17.2 Å². The number of aryl methyl sites for hydroxylation is 1. The Morgan fingerprint density at radius 3 is 2.88 bits per heavy atom. The van der Waals surface area contributed by atoms with Crippen LogP contribution in [0.15, 0.2) is 5.38 Å². The highest BCUT2D eigenvalue weighted by Gasteiger charge is 2.29. The van der Waals surface area contributed by atoms with Gasteiger partial charge in [-0.15, -0.1) is 11.3 Å². The monoisotopic (exact) mass is 251 g/mol. The molecule has 0 atom stereocenters. The number of hydrogen-bond acceptors (Lipinski definition) is 3. The molecule has 2 aliphatic carbocycles. The van der Waals surface area contributed by atoms with E-state index in [1.54, 1.807) is 11.3 Å². The van der Waals surface area contributed by atoms with E-state index in [9.17, 15) is 9.90 Å². The van der Waals surface area contributed by atoms with Crippen LogP contribution in [0, 0.1) is 0 Å². The summed E-state index contributed by atoms with van der Waals surface area (Å²) >= 11 is 1.72. The van der Waals surface area contributed by atoms with E-state index in [1.807, 2.05) is 5.38 Å². The number of aliphatic hydroxyl groups is 1. The van der Waals surface area contributed by atoms with E-state index < -0.39 is 0 Å². The minimum atomic E-state index is -0.211. The second-order valence-corrected chi connectivity index (χ2v) is 6.02. The lowest BCUT2D eigenvalue weighted by atomic mass is 9.89. The van der Waals surface area contributed by atoms with Gasteiger partial charge in [-0.3, -0.25) is 4.79 Å². The van der Waals surface area contributed by atoms with E-state index in [-0.39, 0.29) is 18.1 Å². The van der Waals surface area contributed by atoms with E-state index in [1.165, 1.54) is 23.3 Å². The Hall–Kier alpha value is -0.870. The van der Waals surface area contributed by atoms with Gasteiger partial charge >= 0.3 is 0 Å². The van der Waals surface area contributed by atoms with Gasteiger partial charge in [0.05, 0.1) is 11.7 Å². The van der Waals surface area contributed by atoms with Crippen molar-refractivity contribution in [2.75, 3.05) is 0 Å². The van der Waals surface area contributed by atoms with E-state index in [0.717, 1.165) is 18.4 Å². The fraction of sp³-hybridized carbons (Fsp3) is 0.615. The molecule has 0 aliphatic heterocycles. The van der Waals surface area contributed by atoms with Crippen LogP contribution >= 0.6 is 11.3 Å². The minimum absolute atomic E-state index is 0.0568. The number of carbonyl (C=O) groups is 1. The summed E-state index contributed by atoms with van der Waals surface area (Å²) in [5, 5.41) is 14.2. The summed E-state index contributed by atoms with van der Waals surface area (Å²) in [5.74, 6) is 0.0568. The summed E-state index contributed by atoms with van der Waals surface area (Å²) in [6.45, 7) is 0. The molecular formula is C13H17NO2S. The van der Waals surface area contributed by atoms with Gasteiger partial charge in [-0.05, 0) is 44.1 Å². The van der Waals surface area contributed by atoms with Crippen molar-refractivity contribution in [3.05, 3.63) is 21.4 Å². The summed E-state index contributed by atoms with van der Waals surface area (Å²) < 4.78 is 0. The van der Waals surface area contributed by atoms with Crippen LogP contribution in [0.1, 0.15) is 46.5 Å². The zero-order valence-corrected chi connectivity index (χ0v) is 10.6. The molecule has 1 fully saturated rings. The van der Waals surface area contributed by atoms with Crippen molar-refractivity contribution in [3.63, 3.8) is 0 Å². The molecule has 0 spiro atoms. The van der Waals surface area contributed by atoms with Crippen LogP contribution in [0.2, 0.25) is 0 Å². The lowest BCUT2D eigenvalue weighted by molar-refractivity contribution is 0.0562. The summed E-state index contributed by atoms with van der Waals surface area (Å²) in [4.78, 5) is 13.5. The van der Waals surface area contributed by atoms with Gasteiger partial charge in [0.2, 0.25) is 0 Å². The molecule has 3 nitrogen and oxygen atoms in total. The number of hydrogen-bond donors (Lipinski definition) is 2. The first kappa shape index (κ1) is 11.2. The molecule has 0 bridgehead atoms. The third kappa shape index (κ3) is 2.11. The third-order valence-electron chi connectivity index (χ3n) is 3.75. The van der Waals surface area contributed by atoms with Gasteiger partial charge in [-0.25, -0.2) is 0 Å². The molecule has 1 heterocycles. The second-order valence-electron chi connectivity index (χ2n) is 5.05. The van der Waals surface area contributed by atoms with Crippen LogP contribution < -0.4 is 5.32 Å². The minimum Gasteiger partial charge on any atom is -0.393 e. The number of carbonyl (C=O) groups excluding carboxylic acids is 1. The SMILES string of the molecule is O=C(NC1CC(O)C1)c1csc2c1CCCC2. The van der Waals surface area contributed by atoms with E-state index in [2.05, 4.69) is 5.32 Å². The summed E-state index contributed by atoms with van der Waals surface area (Å²) in [5.41, 5.74) is 2.16. The molecule has 0 unspecified atom stereocenters. The predicted molar refractivity (Wildman–Crippen MR) is 67.5 cm³/mol. The first-order valence-electron chi connectivity index (χ1n) is 6.32. The summed E-state index contributed by atoms with van der Waals surface area (Å²) in [6.07, 6.45) is 5.84. The van der Waals surface area contributed by atoms with Gasteiger partial charge < -0.3 is 10.4 Å². The number of nitrogens with one attached hydrogen (secondary N) is 1. The zero-order chi connectivity index (χ0) is 11.8. The average Bonchev–Trinajstić information content (AvgIpc) is 2.70. The molecule has 1 aromatic heterocycles. The number of aliphatic hydroxyl groups excluding tert-OH is 1. The highest BCUT2D eigenvalue weighted by Crippen LogP contribution is 2.30. The third-order valence-corrected chi connectivity index (χ3v) is 4.84. The summed E-state index contributed by atoms with van der Waals surface area (Å²) in [6, 6.07) is 0.177. The van der Waals surface area contributed by atoms with Crippen molar-refractivity contribution in [2.45, 2.75) is 50.7 Å². The molecule has 1 amide bonds. The van der Waals surface area contributed by atoms with Crippen molar-refractivity contribution in [1.29, 1.82) is 0 Å². The Labute approximate surface area is 105 Å².